The van der Waals surface area contributed by atoms with E-state index in [2.05, 4.69) is 10.2 Å². The summed E-state index contributed by atoms with van der Waals surface area (Å²) >= 11 is 1.22. The predicted octanol–water partition coefficient (Wildman–Crippen LogP) is 1.68. The Morgan fingerprint density at radius 2 is 2.38 bits per heavy atom. The molecule has 1 unspecified atom stereocenters. The number of pyridine rings is 1. The van der Waals surface area contributed by atoms with Gasteiger partial charge >= 0.3 is 5.97 Å². The van der Waals surface area contributed by atoms with Crippen molar-refractivity contribution in [3.05, 3.63) is 24.4 Å². The van der Waals surface area contributed by atoms with E-state index in [0.29, 0.717) is 11.6 Å². The minimum atomic E-state index is -0.819. The van der Waals surface area contributed by atoms with Crippen molar-refractivity contribution in [1.29, 1.82) is 0 Å². The Bertz CT molecular complexity index is 511. The summed E-state index contributed by atoms with van der Waals surface area (Å²) < 4.78 is 1.79. The highest BCUT2D eigenvalue weighted by Crippen LogP contribution is 2.24. The zero-order valence-corrected chi connectivity index (χ0v) is 9.52. The number of aromatic nitrogens is 3. The van der Waals surface area contributed by atoms with Gasteiger partial charge in [0.25, 0.3) is 0 Å². The van der Waals surface area contributed by atoms with Gasteiger partial charge in [-0.3, -0.25) is 9.20 Å². The Labute approximate surface area is 96.5 Å². The Morgan fingerprint density at radius 1 is 1.56 bits per heavy atom. The fraction of sp³-hybridized carbons (Fsp3) is 0.300. The molecule has 1 atom stereocenters. The molecule has 0 saturated carbocycles. The van der Waals surface area contributed by atoms with Crippen molar-refractivity contribution in [2.45, 2.75) is 23.8 Å². The molecule has 84 valence electrons. The quantitative estimate of drug-likeness (QED) is 0.819. The van der Waals surface area contributed by atoms with Crippen molar-refractivity contribution >= 4 is 23.4 Å². The number of aliphatic carboxylic acids is 1. The summed E-state index contributed by atoms with van der Waals surface area (Å²) in [5, 5.41) is 17.0. The normalized spacial score (nSPS) is 12.8. The molecule has 2 aromatic heterocycles. The molecule has 16 heavy (non-hydrogen) atoms. The monoisotopic (exact) mass is 237 g/mol. The van der Waals surface area contributed by atoms with Crippen LogP contribution < -0.4 is 0 Å². The van der Waals surface area contributed by atoms with E-state index in [9.17, 15) is 4.79 Å². The van der Waals surface area contributed by atoms with E-state index in [4.69, 9.17) is 5.11 Å². The lowest BCUT2D eigenvalue weighted by molar-refractivity contribution is -0.136. The molecule has 6 heteroatoms. The number of carbonyl (C=O) groups is 1. The fourth-order valence-electron chi connectivity index (χ4n) is 1.34. The number of thioether (sulfide) groups is 1. The van der Waals surface area contributed by atoms with Crippen molar-refractivity contribution in [3.63, 3.8) is 0 Å². The average molecular weight is 237 g/mol. The summed E-state index contributed by atoms with van der Waals surface area (Å²) in [6.45, 7) is 1.84. The van der Waals surface area contributed by atoms with Crippen LogP contribution in [0.3, 0.4) is 0 Å². The second kappa shape index (κ2) is 4.52. The van der Waals surface area contributed by atoms with Crippen molar-refractivity contribution < 1.29 is 9.90 Å². The van der Waals surface area contributed by atoms with Crippen LogP contribution in [0.2, 0.25) is 0 Å². The average Bonchev–Trinajstić information content (AvgIpc) is 2.69. The first-order chi connectivity index (χ1) is 7.72. The number of hydrogen-bond donors (Lipinski definition) is 1. The Balaban J connectivity index is 2.30. The number of fused-ring (bicyclic) bond motifs is 1. The molecular formula is C10H11N3O2S. The van der Waals surface area contributed by atoms with E-state index in [0.717, 1.165) is 5.65 Å². The van der Waals surface area contributed by atoms with Crippen LogP contribution >= 0.6 is 11.8 Å². The molecule has 0 bridgehead atoms. The third kappa shape index (κ3) is 2.01. The molecule has 5 nitrogen and oxygen atoms in total. The molecule has 0 spiro atoms. The zero-order valence-electron chi connectivity index (χ0n) is 8.70. The minimum Gasteiger partial charge on any atom is -0.480 e. The molecule has 0 aliphatic carbocycles. The van der Waals surface area contributed by atoms with Crippen molar-refractivity contribution in [3.8, 4) is 0 Å². The van der Waals surface area contributed by atoms with Crippen LogP contribution in [0, 0.1) is 0 Å². The van der Waals surface area contributed by atoms with Gasteiger partial charge in [0.15, 0.2) is 10.8 Å². The minimum absolute atomic E-state index is 0.479. The van der Waals surface area contributed by atoms with Crippen LogP contribution in [0.1, 0.15) is 13.3 Å². The number of carboxylic acid groups (broad SMARTS) is 1. The lowest BCUT2D eigenvalue weighted by Gasteiger charge is -2.06. The van der Waals surface area contributed by atoms with Gasteiger partial charge in [0.05, 0.1) is 0 Å². The van der Waals surface area contributed by atoms with E-state index in [-0.39, 0.29) is 0 Å². The summed E-state index contributed by atoms with van der Waals surface area (Å²) in [4.78, 5) is 10.9. The maximum absolute atomic E-state index is 10.9. The molecular weight excluding hydrogens is 226 g/mol. The van der Waals surface area contributed by atoms with Crippen molar-refractivity contribution in [1.82, 2.24) is 14.6 Å². The standard InChI is InChI=1S/C10H11N3O2S/c1-2-7(9(14)15)16-10-12-11-8-5-3-4-6-13(8)10/h3-7H,2H2,1H3,(H,14,15). The maximum atomic E-state index is 10.9. The third-order valence-corrected chi connectivity index (χ3v) is 3.48. The van der Waals surface area contributed by atoms with Crippen LogP contribution in [0.4, 0.5) is 0 Å². The topological polar surface area (TPSA) is 67.5 Å². The molecule has 0 fully saturated rings. The van der Waals surface area contributed by atoms with E-state index >= 15 is 0 Å². The molecule has 0 radical (unpaired) electrons. The summed E-state index contributed by atoms with van der Waals surface area (Å²) in [6.07, 6.45) is 2.38. The van der Waals surface area contributed by atoms with E-state index < -0.39 is 11.2 Å². The van der Waals surface area contributed by atoms with Gasteiger partial charge in [-0.2, -0.15) is 0 Å². The maximum Gasteiger partial charge on any atom is 0.317 e. The summed E-state index contributed by atoms with van der Waals surface area (Å²) in [5.41, 5.74) is 0.727. The fourth-order valence-corrected chi connectivity index (χ4v) is 2.21. The molecule has 2 heterocycles. The van der Waals surface area contributed by atoms with Gasteiger partial charge in [-0.1, -0.05) is 24.8 Å². The van der Waals surface area contributed by atoms with Gasteiger partial charge in [-0.05, 0) is 18.6 Å². The van der Waals surface area contributed by atoms with E-state index in [1.54, 1.807) is 4.40 Å². The molecule has 2 aromatic rings. The van der Waals surface area contributed by atoms with Gasteiger partial charge < -0.3 is 5.11 Å². The van der Waals surface area contributed by atoms with Crippen LogP contribution in [-0.4, -0.2) is 30.9 Å². The first-order valence-corrected chi connectivity index (χ1v) is 5.79. The number of hydrogen-bond acceptors (Lipinski definition) is 4. The molecule has 2 rings (SSSR count). The first-order valence-electron chi connectivity index (χ1n) is 4.91. The lowest BCUT2D eigenvalue weighted by atomic mass is 10.3. The molecule has 0 aromatic carbocycles. The molecule has 1 N–H and O–H groups in total. The smallest absolute Gasteiger partial charge is 0.317 e. The van der Waals surface area contributed by atoms with Crippen LogP contribution in [0.5, 0.6) is 0 Å². The third-order valence-electron chi connectivity index (χ3n) is 2.18. The van der Waals surface area contributed by atoms with Crippen molar-refractivity contribution in [2.75, 3.05) is 0 Å². The van der Waals surface area contributed by atoms with Gasteiger partial charge in [-0.25, -0.2) is 0 Å². The Kier molecular flexibility index (Phi) is 3.09. The van der Waals surface area contributed by atoms with E-state index in [1.165, 1.54) is 11.8 Å². The highest BCUT2D eigenvalue weighted by Gasteiger charge is 2.19. The highest BCUT2D eigenvalue weighted by molar-refractivity contribution is 8.00. The van der Waals surface area contributed by atoms with Crippen LogP contribution in [-0.2, 0) is 4.79 Å². The molecule has 0 aliphatic heterocycles. The van der Waals surface area contributed by atoms with Gasteiger partial charge in [0, 0.05) is 6.20 Å². The predicted molar refractivity (Wildman–Crippen MR) is 60.6 cm³/mol. The number of carboxylic acids is 1. The lowest BCUT2D eigenvalue weighted by Crippen LogP contribution is -2.15. The highest BCUT2D eigenvalue weighted by atomic mass is 32.2. The second-order valence-electron chi connectivity index (χ2n) is 3.26. The van der Waals surface area contributed by atoms with Gasteiger partial charge in [0.1, 0.15) is 5.25 Å². The largest absolute Gasteiger partial charge is 0.480 e. The molecule has 0 amide bonds. The summed E-state index contributed by atoms with van der Waals surface area (Å²) in [5.74, 6) is -0.819. The van der Waals surface area contributed by atoms with Crippen molar-refractivity contribution in [2.24, 2.45) is 0 Å². The van der Waals surface area contributed by atoms with Crippen LogP contribution in [0.25, 0.3) is 5.65 Å². The Morgan fingerprint density at radius 3 is 3.06 bits per heavy atom. The SMILES string of the molecule is CCC(Sc1nnc2ccccn12)C(=O)O. The first kappa shape index (κ1) is 10.9. The molecule has 0 aliphatic rings. The molecule has 0 saturated heterocycles. The number of nitrogens with zero attached hydrogens (tertiary/aromatic N) is 3. The second-order valence-corrected chi connectivity index (χ2v) is 4.43. The summed E-state index contributed by atoms with van der Waals surface area (Å²) in [7, 11) is 0. The van der Waals surface area contributed by atoms with Gasteiger partial charge in [0.2, 0.25) is 0 Å². The zero-order chi connectivity index (χ0) is 11.5. The summed E-state index contributed by atoms with van der Waals surface area (Å²) in [6, 6.07) is 5.56. The van der Waals surface area contributed by atoms with E-state index in [1.807, 2.05) is 31.3 Å². The number of rotatable bonds is 4. The Hall–Kier alpha value is -1.56. The van der Waals surface area contributed by atoms with Crippen LogP contribution in [0.15, 0.2) is 29.6 Å². The van der Waals surface area contributed by atoms with Gasteiger partial charge in [-0.15, -0.1) is 10.2 Å².